The number of hydrogen-bond acceptors (Lipinski definition) is 5. The van der Waals surface area contributed by atoms with Crippen molar-refractivity contribution in [1.29, 1.82) is 0 Å². The van der Waals surface area contributed by atoms with E-state index in [0.717, 1.165) is 0 Å². The molecule has 4 N–H and O–H groups in total. The van der Waals surface area contributed by atoms with Gasteiger partial charge in [-0.2, -0.15) is 0 Å². The van der Waals surface area contributed by atoms with Crippen LogP contribution in [0.15, 0.2) is 0 Å². The van der Waals surface area contributed by atoms with E-state index in [1.54, 1.807) is 6.92 Å². The highest BCUT2D eigenvalue weighted by molar-refractivity contribution is 5.88. The number of nitrogens with one attached hydrogen (secondary N) is 1. The van der Waals surface area contributed by atoms with E-state index in [9.17, 15) is 19.2 Å². The normalized spacial score (nSPS) is 22.5. The van der Waals surface area contributed by atoms with Gasteiger partial charge in [0.15, 0.2) is 0 Å². The zero-order chi connectivity index (χ0) is 16.2. The maximum Gasteiger partial charge on any atom is 0.326 e. The standard InChI is InChI=1S/C12H19N3O6/c1-6-4-15(5-7(6)11(19)21-2)12(20)14-8(10(17)18)3-9(13)16/h6-8H,3-5H2,1-2H3,(H2,13,16)(H,14,20)(H,17,18)/t6?,7?,8-/m1/s1. The summed E-state index contributed by atoms with van der Waals surface area (Å²) in [7, 11) is 1.27. The topological polar surface area (TPSA) is 139 Å². The van der Waals surface area contributed by atoms with Crippen molar-refractivity contribution in [2.24, 2.45) is 17.6 Å². The van der Waals surface area contributed by atoms with Gasteiger partial charge in [-0.3, -0.25) is 9.59 Å². The number of aliphatic carboxylic acids is 1. The van der Waals surface area contributed by atoms with Crippen LogP contribution in [0.25, 0.3) is 0 Å². The number of methoxy groups -OCH3 is 1. The fourth-order valence-electron chi connectivity index (χ4n) is 2.23. The van der Waals surface area contributed by atoms with Crippen molar-refractivity contribution < 1.29 is 29.0 Å². The fourth-order valence-corrected chi connectivity index (χ4v) is 2.23. The van der Waals surface area contributed by atoms with Crippen LogP contribution < -0.4 is 11.1 Å². The Balaban J connectivity index is 2.65. The fraction of sp³-hybridized carbons (Fsp3) is 0.667. The second-order valence-corrected chi connectivity index (χ2v) is 5.02. The van der Waals surface area contributed by atoms with E-state index in [2.05, 4.69) is 10.1 Å². The molecule has 1 fully saturated rings. The predicted molar refractivity (Wildman–Crippen MR) is 70.0 cm³/mol. The lowest BCUT2D eigenvalue weighted by Gasteiger charge is -2.20. The molecule has 1 saturated heterocycles. The van der Waals surface area contributed by atoms with Crippen LogP contribution in [0.5, 0.6) is 0 Å². The molecule has 1 heterocycles. The molecule has 0 aliphatic carbocycles. The van der Waals surface area contributed by atoms with E-state index < -0.39 is 42.3 Å². The number of ether oxygens (including phenoxy) is 1. The highest BCUT2D eigenvalue weighted by Gasteiger charge is 2.38. The summed E-state index contributed by atoms with van der Waals surface area (Å²) in [5.41, 5.74) is 4.93. The molecular formula is C12H19N3O6. The molecule has 1 rings (SSSR count). The second kappa shape index (κ2) is 6.91. The first-order valence-electron chi connectivity index (χ1n) is 6.40. The predicted octanol–water partition coefficient (Wildman–Crippen LogP) is -1.23. The summed E-state index contributed by atoms with van der Waals surface area (Å²) in [4.78, 5) is 46.6. The lowest BCUT2D eigenvalue weighted by Crippen LogP contribution is -2.48. The number of carboxylic acids is 1. The molecule has 0 spiro atoms. The Bertz CT molecular complexity index is 452. The van der Waals surface area contributed by atoms with Gasteiger partial charge < -0.3 is 25.8 Å². The van der Waals surface area contributed by atoms with Crippen molar-refractivity contribution in [3.63, 3.8) is 0 Å². The third-order valence-electron chi connectivity index (χ3n) is 3.40. The van der Waals surface area contributed by atoms with Gasteiger partial charge in [-0.05, 0) is 5.92 Å². The SMILES string of the molecule is COC(=O)C1CN(C(=O)N[C@H](CC(N)=O)C(=O)O)CC1C. The molecule has 0 saturated carbocycles. The van der Waals surface area contributed by atoms with Gasteiger partial charge in [-0.1, -0.05) is 6.92 Å². The largest absolute Gasteiger partial charge is 0.480 e. The smallest absolute Gasteiger partial charge is 0.326 e. The lowest BCUT2D eigenvalue weighted by molar-refractivity contribution is -0.146. The minimum absolute atomic E-state index is 0.0948. The number of nitrogens with two attached hydrogens (primary N) is 1. The van der Waals surface area contributed by atoms with Crippen LogP contribution in [0.3, 0.4) is 0 Å². The van der Waals surface area contributed by atoms with E-state index in [1.807, 2.05) is 0 Å². The number of carbonyl (C=O) groups is 4. The van der Waals surface area contributed by atoms with Crippen LogP contribution in [0.1, 0.15) is 13.3 Å². The zero-order valence-electron chi connectivity index (χ0n) is 11.9. The lowest BCUT2D eigenvalue weighted by atomic mass is 9.99. The number of urea groups is 1. The third-order valence-corrected chi connectivity index (χ3v) is 3.40. The van der Waals surface area contributed by atoms with Crippen molar-refractivity contribution in [1.82, 2.24) is 10.2 Å². The van der Waals surface area contributed by atoms with Crippen molar-refractivity contribution in [2.45, 2.75) is 19.4 Å². The summed E-state index contributed by atoms with van der Waals surface area (Å²) in [6, 6.07) is -2.04. The minimum atomic E-state index is -1.39. The van der Waals surface area contributed by atoms with Gasteiger partial charge in [0, 0.05) is 13.1 Å². The number of carboxylic acid groups (broad SMARTS) is 1. The maximum absolute atomic E-state index is 12.0. The van der Waals surface area contributed by atoms with Gasteiger partial charge in [0.1, 0.15) is 6.04 Å². The first-order valence-corrected chi connectivity index (χ1v) is 6.40. The Kier molecular flexibility index (Phi) is 5.51. The molecule has 9 nitrogen and oxygen atoms in total. The highest BCUT2D eigenvalue weighted by Crippen LogP contribution is 2.24. The number of carbonyl (C=O) groups excluding carboxylic acids is 3. The molecule has 1 aliphatic rings. The molecule has 0 radical (unpaired) electrons. The molecular weight excluding hydrogens is 282 g/mol. The summed E-state index contributed by atoms with van der Waals surface area (Å²) >= 11 is 0. The van der Waals surface area contributed by atoms with Crippen LogP contribution >= 0.6 is 0 Å². The second-order valence-electron chi connectivity index (χ2n) is 5.02. The van der Waals surface area contributed by atoms with Crippen LogP contribution in [0, 0.1) is 11.8 Å². The molecule has 2 unspecified atom stereocenters. The van der Waals surface area contributed by atoms with Gasteiger partial charge in [0.25, 0.3) is 0 Å². The van der Waals surface area contributed by atoms with Gasteiger partial charge in [-0.25, -0.2) is 9.59 Å². The van der Waals surface area contributed by atoms with Gasteiger partial charge >= 0.3 is 18.0 Å². The van der Waals surface area contributed by atoms with Crippen LogP contribution in [-0.4, -0.2) is 60.1 Å². The number of esters is 1. The van der Waals surface area contributed by atoms with Crippen molar-refractivity contribution >= 4 is 23.9 Å². The average molecular weight is 301 g/mol. The van der Waals surface area contributed by atoms with Crippen molar-refractivity contribution in [2.75, 3.05) is 20.2 Å². The van der Waals surface area contributed by atoms with E-state index in [1.165, 1.54) is 12.0 Å². The number of likely N-dealkylation sites (tertiary alicyclic amines) is 1. The summed E-state index contributed by atoms with van der Waals surface area (Å²) in [5, 5.41) is 11.2. The Morgan fingerprint density at radius 3 is 2.48 bits per heavy atom. The number of nitrogens with zero attached hydrogens (tertiary/aromatic N) is 1. The quantitative estimate of drug-likeness (QED) is 0.543. The minimum Gasteiger partial charge on any atom is -0.480 e. The molecule has 118 valence electrons. The maximum atomic E-state index is 12.0. The molecule has 0 aromatic heterocycles. The van der Waals surface area contributed by atoms with E-state index in [0.29, 0.717) is 6.54 Å². The highest BCUT2D eigenvalue weighted by atomic mass is 16.5. The van der Waals surface area contributed by atoms with Crippen molar-refractivity contribution in [3.8, 4) is 0 Å². The molecule has 0 aromatic carbocycles. The number of rotatable bonds is 5. The van der Waals surface area contributed by atoms with E-state index in [-0.39, 0.29) is 12.5 Å². The molecule has 1 aliphatic heterocycles. The number of amides is 3. The molecule has 3 atom stereocenters. The molecule has 0 bridgehead atoms. The third kappa shape index (κ3) is 4.33. The van der Waals surface area contributed by atoms with Gasteiger partial charge in [0.2, 0.25) is 5.91 Å². The monoisotopic (exact) mass is 301 g/mol. The molecule has 9 heteroatoms. The number of primary amides is 1. The zero-order valence-corrected chi connectivity index (χ0v) is 11.9. The summed E-state index contributed by atoms with van der Waals surface area (Å²) < 4.78 is 4.65. The summed E-state index contributed by atoms with van der Waals surface area (Å²) in [6.45, 7) is 2.24. The first-order chi connectivity index (χ1) is 9.76. The average Bonchev–Trinajstić information content (AvgIpc) is 2.78. The van der Waals surface area contributed by atoms with Gasteiger partial charge in [0.05, 0.1) is 19.4 Å². The van der Waals surface area contributed by atoms with Crippen LogP contribution in [0.2, 0.25) is 0 Å². The molecule has 3 amide bonds. The Labute approximate surface area is 121 Å². The van der Waals surface area contributed by atoms with Gasteiger partial charge in [-0.15, -0.1) is 0 Å². The van der Waals surface area contributed by atoms with Crippen molar-refractivity contribution in [3.05, 3.63) is 0 Å². The van der Waals surface area contributed by atoms with Crippen LogP contribution in [-0.2, 0) is 19.1 Å². The number of hydrogen-bond donors (Lipinski definition) is 3. The van der Waals surface area contributed by atoms with E-state index >= 15 is 0 Å². The summed E-state index contributed by atoms with van der Waals surface area (Å²) in [5.74, 6) is -3.13. The summed E-state index contributed by atoms with van der Waals surface area (Å²) in [6.07, 6.45) is -0.495. The van der Waals surface area contributed by atoms with Crippen LogP contribution in [0.4, 0.5) is 4.79 Å². The first kappa shape index (κ1) is 16.7. The molecule has 21 heavy (non-hydrogen) atoms. The van der Waals surface area contributed by atoms with E-state index in [4.69, 9.17) is 10.8 Å². The molecule has 0 aromatic rings. The Morgan fingerprint density at radius 2 is 2.00 bits per heavy atom. The Hall–Kier alpha value is -2.32. The Morgan fingerprint density at radius 1 is 1.38 bits per heavy atom.